The first-order valence-corrected chi connectivity index (χ1v) is 10.7. The highest BCUT2D eigenvalue weighted by Gasteiger charge is 2.40. The highest BCUT2D eigenvalue weighted by Crippen LogP contribution is 2.39. The summed E-state index contributed by atoms with van der Waals surface area (Å²) in [6.07, 6.45) is 4.02. The van der Waals surface area contributed by atoms with E-state index in [1.165, 1.54) is 0 Å². The number of fused-ring (bicyclic) bond motifs is 1. The molecule has 1 aliphatic rings. The molecule has 1 aliphatic carbocycles. The molecule has 9 nitrogen and oxygen atoms in total. The van der Waals surface area contributed by atoms with Crippen LogP contribution in [0, 0.1) is 16.7 Å². The van der Waals surface area contributed by atoms with Crippen LogP contribution >= 0.6 is 15.9 Å². The molecule has 0 aliphatic heterocycles. The summed E-state index contributed by atoms with van der Waals surface area (Å²) < 4.78 is 2.20. The molecular formula is C21H22BrN7O2. The number of carbonyl (C=O) groups is 1. The second-order valence-electron chi connectivity index (χ2n) is 8.02. The Balaban J connectivity index is 1.68. The van der Waals surface area contributed by atoms with Gasteiger partial charge in [0.15, 0.2) is 5.65 Å². The van der Waals surface area contributed by atoms with Crippen LogP contribution in [0.15, 0.2) is 29.0 Å². The number of nitriles is 1. The number of aliphatic hydroxyl groups is 1. The average molecular weight is 484 g/mol. The molecule has 0 radical (unpaired) electrons. The Bertz CT molecular complexity index is 1200. The van der Waals surface area contributed by atoms with Gasteiger partial charge in [0, 0.05) is 24.7 Å². The maximum atomic E-state index is 12.2. The normalized spacial score (nSPS) is 20.5. The summed E-state index contributed by atoms with van der Waals surface area (Å²) in [4.78, 5) is 21.3. The number of hydrogen-bond donors (Lipinski definition) is 3. The maximum Gasteiger partial charge on any atom is 0.225 e. The number of halogens is 1. The first kappa shape index (κ1) is 21.2. The van der Waals surface area contributed by atoms with E-state index in [0.29, 0.717) is 39.4 Å². The van der Waals surface area contributed by atoms with Crippen molar-refractivity contribution in [3.63, 3.8) is 0 Å². The van der Waals surface area contributed by atoms with Gasteiger partial charge in [-0.3, -0.25) is 4.79 Å². The standard InChI is InChI=1S/C21H22BrN7O2/c1-21(19(31)24-2)4-3-14(8-21)26-20-25-10-16-17(22)28-29(18(16)27-20)15-6-12(9-23)5-13(7-15)11-30/h5-7,10,14,30H,3-4,8,11H2,1-2H3,(H,24,31)(H,25,26,27)/t14-,21-/m1/s1. The first-order chi connectivity index (χ1) is 14.9. The Hall–Kier alpha value is -3.03. The minimum Gasteiger partial charge on any atom is -0.392 e. The van der Waals surface area contributed by atoms with E-state index in [9.17, 15) is 15.2 Å². The van der Waals surface area contributed by atoms with Crippen molar-refractivity contribution in [1.29, 1.82) is 5.26 Å². The van der Waals surface area contributed by atoms with E-state index in [1.807, 2.05) is 6.92 Å². The van der Waals surface area contributed by atoms with E-state index in [1.54, 1.807) is 36.1 Å². The zero-order chi connectivity index (χ0) is 22.2. The minimum absolute atomic E-state index is 0.0484. The van der Waals surface area contributed by atoms with Gasteiger partial charge in [-0.15, -0.1) is 0 Å². The fraction of sp³-hybridized carbons (Fsp3) is 0.381. The molecule has 3 aromatic rings. The number of aliphatic hydroxyl groups excluding tert-OH is 1. The third-order valence-electron chi connectivity index (χ3n) is 5.76. The van der Waals surface area contributed by atoms with Crippen molar-refractivity contribution in [2.75, 3.05) is 12.4 Å². The van der Waals surface area contributed by atoms with E-state index in [4.69, 9.17) is 0 Å². The summed E-state index contributed by atoms with van der Waals surface area (Å²) in [7, 11) is 1.66. The second-order valence-corrected chi connectivity index (χ2v) is 8.77. The fourth-order valence-electron chi connectivity index (χ4n) is 4.13. The van der Waals surface area contributed by atoms with Crippen LogP contribution in [0.2, 0.25) is 0 Å². The molecule has 2 aromatic heterocycles. The van der Waals surface area contributed by atoms with Gasteiger partial charge in [-0.25, -0.2) is 9.67 Å². The van der Waals surface area contributed by atoms with Crippen molar-refractivity contribution in [3.05, 3.63) is 40.1 Å². The first-order valence-electron chi connectivity index (χ1n) is 9.92. The van der Waals surface area contributed by atoms with Gasteiger partial charge in [-0.2, -0.15) is 15.3 Å². The van der Waals surface area contributed by atoms with Crippen molar-refractivity contribution < 1.29 is 9.90 Å². The quantitative estimate of drug-likeness (QED) is 0.508. The van der Waals surface area contributed by atoms with E-state index in [2.05, 4.69) is 47.7 Å². The molecule has 0 spiro atoms. The average Bonchev–Trinajstić information content (AvgIpc) is 3.33. The van der Waals surface area contributed by atoms with Gasteiger partial charge in [-0.05, 0) is 59.0 Å². The Morgan fingerprint density at radius 3 is 2.97 bits per heavy atom. The molecule has 0 bridgehead atoms. The Morgan fingerprint density at radius 2 is 2.26 bits per heavy atom. The third-order valence-corrected chi connectivity index (χ3v) is 6.35. The minimum atomic E-state index is -0.403. The number of nitrogens with one attached hydrogen (secondary N) is 2. The van der Waals surface area contributed by atoms with Crippen molar-refractivity contribution in [3.8, 4) is 11.8 Å². The van der Waals surface area contributed by atoms with Gasteiger partial charge in [0.1, 0.15) is 4.60 Å². The van der Waals surface area contributed by atoms with Crippen molar-refractivity contribution in [2.24, 2.45) is 5.41 Å². The van der Waals surface area contributed by atoms with E-state index in [-0.39, 0.29) is 18.6 Å². The predicted molar refractivity (Wildman–Crippen MR) is 118 cm³/mol. The Labute approximate surface area is 187 Å². The van der Waals surface area contributed by atoms with Crippen LogP contribution in [0.25, 0.3) is 16.7 Å². The van der Waals surface area contributed by atoms with Gasteiger partial charge in [0.2, 0.25) is 11.9 Å². The summed E-state index contributed by atoms with van der Waals surface area (Å²) >= 11 is 3.45. The van der Waals surface area contributed by atoms with Gasteiger partial charge in [-0.1, -0.05) is 6.92 Å². The Kier molecular flexibility index (Phi) is 5.64. The summed E-state index contributed by atoms with van der Waals surface area (Å²) in [5, 5.41) is 30.2. The van der Waals surface area contributed by atoms with Gasteiger partial charge in [0.25, 0.3) is 0 Å². The molecule has 2 atom stereocenters. The summed E-state index contributed by atoms with van der Waals surface area (Å²) in [6.45, 7) is 1.79. The highest BCUT2D eigenvalue weighted by molar-refractivity contribution is 9.10. The second kappa shape index (κ2) is 8.24. The number of aromatic nitrogens is 4. The number of amides is 1. The third kappa shape index (κ3) is 3.98. The lowest BCUT2D eigenvalue weighted by Gasteiger charge is -2.22. The molecule has 0 unspecified atom stereocenters. The molecule has 3 N–H and O–H groups in total. The molecule has 2 heterocycles. The van der Waals surface area contributed by atoms with Crippen LogP contribution in [-0.4, -0.2) is 43.9 Å². The van der Waals surface area contributed by atoms with Gasteiger partial charge < -0.3 is 15.7 Å². The van der Waals surface area contributed by atoms with Crippen molar-refractivity contribution in [1.82, 2.24) is 25.1 Å². The van der Waals surface area contributed by atoms with Gasteiger partial charge in [0.05, 0.1) is 29.3 Å². The zero-order valence-electron chi connectivity index (χ0n) is 17.2. The highest BCUT2D eigenvalue weighted by atomic mass is 79.9. The predicted octanol–water partition coefficient (Wildman–Crippen LogP) is 2.66. The summed E-state index contributed by atoms with van der Waals surface area (Å²) in [5.41, 5.74) is 1.82. The van der Waals surface area contributed by atoms with Gasteiger partial charge >= 0.3 is 0 Å². The Morgan fingerprint density at radius 1 is 1.45 bits per heavy atom. The molecule has 160 valence electrons. The lowest BCUT2D eigenvalue weighted by atomic mass is 9.87. The van der Waals surface area contributed by atoms with Crippen LogP contribution in [-0.2, 0) is 11.4 Å². The van der Waals surface area contributed by atoms with E-state index < -0.39 is 5.41 Å². The largest absolute Gasteiger partial charge is 0.392 e. The monoisotopic (exact) mass is 483 g/mol. The molecular weight excluding hydrogens is 462 g/mol. The smallest absolute Gasteiger partial charge is 0.225 e. The van der Waals surface area contributed by atoms with Crippen LogP contribution in [0.4, 0.5) is 5.95 Å². The number of benzene rings is 1. The maximum absolute atomic E-state index is 12.2. The summed E-state index contributed by atoms with van der Waals surface area (Å²) in [6, 6.07) is 7.28. The van der Waals surface area contributed by atoms with Crippen LogP contribution in [0.1, 0.15) is 37.3 Å². The number of rotatable bonds is 5. The lowest BCUT2D eigenvalue weighted by molar-refractivity contribution is -0.129. The zero-order valence-corrected chi connectivity index (χ0v) is 18.8. The molecule has 1 aromatic carbocycles. The van der Waals surface area contributed by atoms with Crippen molar-refractivity contribution in [2.45, 2.75) is 38.8 Å². The fourth-order valence-corrected chi connectivity index (χ4v) is 4.56. The molecule has 1 amide bonds. The molecule has 1 saturated carbocycles. The molecule has 31 heavy (non-hydrogen) atoms. The van der Waals surface area contributed by atoms with Crippen LogP contribution in [0.3, 0.4) is 0 Å². The number of hydrogen-bond acceptors (Lipinski definition) is 7. The summed E-state index contributed by atoms with van der Waals surface area (Å²) in [5.74, 6) is 0.498. The number of carbonyl (C=O) groups excluding carboxylic acids is 1. The lowest BCUT2D eigenvalue weighted by Crippen LogP contribution is -2.35. The van der Waals surface area contributed by atoms with Crippen molar-refractivity contribution >= 4 is 38.8 Å². The van der Waals surface area contributed by atoms with Crippen LogP contribution in [0.5, 0.6) is 0 Å². The molecule has 10 heteroatoms. The van der Waals surface area contributed by atoms with Crippen LogP contribution < -0.4 is 10.6 Å². The van der Waals surface area contributed by atoms with E-state index >= 15 is 0 Å². The number of nitrogens with zero attached hydrogens (tertiary/aromatic N) is 5. The topological polar surface area (TPSA) is 129 Å². The number of anilines is 1. The molecule has 1 fully saturated rings. The molecule has 0 saturated heterocycles. The molecule has 4 rings (SSSR count). The SMILES string of the molecule is CNC(=O)[C@]1(C)CC[C@@H](Nc2ncc3c(Br)nn(-c4cc(C#N)cc(CO)c4)c3n2)C1. The van der Waals surface area contributed by atoms with E-state index in [0.717, 1.165) is 18.2 Å².